The highest BCUT2D eigenvalue weighted by molar-refractivity contribution is 5.97. The lowest BCUT2D eigenvalue weighted by Gasteiger charge is -2.31. The van der Waals surface area contributed by atoms with Gasteiger partial charge in [-0.2, -0.15) is 5.10 Å². The molecule has 1 amide bonds. The number of halogens is 1. The van der Waals surface area contributed by atoms with Gasteiger partial charge in [-0.25, -0.2) is 4.39 Å². The van der Waals surface area contributed by atoms with Crippen LogP contribution in [0.15, 0.2) is 42.7 Å². The summed E-state index contributed by atoms with van der Waals surface area (Å²) in [6.07, 6.45) is 6.11. The fourth-order valence-corrected chi connectivity index (χ4v) is 4.22. The van der Waals surface area contributed by atoms with Gasteiger partial charge in [-0.15, -0.1) is 10.2 Å². The number of nitrogens with zero attached hydrogens (tertiary/aromatic N) is 5. The number of hydrogen-bond donors (Lipinski definition) is 2. The van der Waals surface area contributed by atoms with Crippen LogP contribution in [-0.4, -0.2) is 49.7 Å². The zero-order valence-electron chi connectivity index (χ0n) is 20.0. The summed E-state index contributed by atoms with van der Waals surface area (Å²) in [5.41, 5.74) is 2.23. The lowest BCUT2D eigenvalue weighted by Crippen LogP contribution is -2.38. The molecule has 1 saturated heterocycles. The fourth-order valence-electron chi connectivity index (χ4n) is 4.22. The van der Waals surface area contributed by atoms with Gasteiger partial charge in [0.25, 0.3) is 0 Å². The van der Waals surface area contributed by atoms with Crippen molar-refractivity contribution in [1.82, 2.24) is 24.9 Å². The van der Waals surface area contributed by atoms with Gasteiger partial charge in [0.05, 0.1) is 17.6 Å². The van der Waals surface area contributed by atoms with Crippen molar-refractivity contribution in [3.63, 3.8) is 0 Å². The van der Waals surface area contributed by atoms with Gasteiger partial charge < -0.3 is 15.5 Å². The van der Waals surface area contributed by atoms with E-state index in [9.17, 15) is 14.0 Å². The summed E-state index contributed by atoms with van der Waals surface area (Å²) in [4.78, 5) is 25.8. The van der Waals surface area contributed by atoms with E-state index in [4.69, 9.17) is 0 Å². The van der Waals surface area contributed by atoms with E-state index in [1.807, 2.05) is 22.7 Å². The van der Waals surface area contributed by atoms with E-state index in [2.05, 4.69) is 25.9 Å². The van der Waals surface area contributed by atoms with Crippen LogP contribution in [0.25, 0.3) is 0 Å². The van der Waals surface area contributed by atoms with Gasteiger partial charge in [-0.1, -0.05) is 19.1 Å². The molecule has 0 spiro atoms. The summed E-state index contributed by atoms with van der Waals surface area (Å²) in [7, 11) is 0. The van der Waals surface area contributed by atoms with Crippen LogP contribution in [0, 0.1) is 11.7 Å². The molecule has 1 aliphatic rings. The van der Waals surface area contributed by atoms with Crippen molar-refractivity contribution in [3.8, 4) is 0 Å². The van der Waals surface area contributed by atoms with E-state index in [1.165, 1.54) is 19.1 Å². The number of carbonyl (C=O) groups excluding carboxylic acids is 2. The van der Waals surface area contributed by atoms with E-state index in [0.717, 1.165) is 43.7 Å². The number of anilines is 3. The second-order valence-electron chi connectivity index (χ2n) is 8.79. The molecule has 10 heteroatoms. The topological polar surface area (TPSA) is 105 Å². The molecule has 9 nitrogen and oxygen atoms in total. The number of nitrogens with one attached hydrogen (secondary N) is 2. The van der Waals surface area contributed by atoms with Crippen LogP contribution < -0.4 is 10.6 Å². The molecule has 0 saturated carbocycles. The van der Waals surface area contributed by atoms with Gasteiger partial charge in [0.15, 0.2) is 17.3 Å². The Morgan fingerprint density at radius 2 is 1.97 bits per heavy atom. The van der Waals surface area contributed by atoms with Crippen molar-refractivity contribution in [3.05, 3.63) is 59.8 Å². The molecule has 3 heterocycles. The van der Waals surface area contributed by atoms with E-state index in [0.29, 0.717) is 30.4 Å². The minimum Gasteiger partial charge on any atom is -0.379 e. The van der Waals surface area contributed by atoms with Crippen molar-refractivity contribution >= 4 is 28.9 Å². The lowest BCUT2D eigenvalue weighted by molar-refractivity contribution is -0.132. The van der Waals surface area contributed by atoms with Gasteiger partial charge in [-0.05, 0) is 36.5 Å². The number of piperidine rings is 1. The SMILES string of the molecule is CCC(=O)N1CCC(Cn2cc(Nc3cc(NCc4cccc(F)c4)c(C(C)=O)nn3)cn2)CC1. The average Bonchev–Trinajstić information content (AvgIpc) is 3.29. The number of carbonyl (C=O) groups is 2. The van der Waals surface area contributed by atoms with Crippen LogP contribution in [0.3, 0.4) is 0 Å². The van der Waals surface area contributed by atoms with Crippen molar-refractivity contribution in [2.24, 2.45) is 5.92 Å². The largest absolute Gasteiger partial charge is 0.379 e. The molecule has 0 atom stereocenters. The van der Waals surface area contributed by atoms with E-state index < -0.39 is 0 Å². The Kier molecular flexibility index (Phi) is 7.69. The summed E-state index contributed by atoms with van der Waals surface area (Å²) in [6, 6.07) is 7.98. The maximum Gasteiger partial charge on any atom is 0.222 e. The molecule has 1 aliphatic heterocycles. The highest BCUT2D eigenvalue weighted by Gasteiger charge is 2.22. The number of aromatic nitrogens is 4. The van der Waals surface area contributed by atoms with Gasteiger partial charge in [0.1, 0.15) is 5.82 Å². The molecule has 4 rings (SSSR count). The summed E-state index contributed by atoms with van der Waals surface area (Å²) in [6.45, 7) is 6.04. The first kappa shape index (κ1) is 24.3. The summed E-state index contributed by atoms with van der Waals surface area (Å²) in [5, 5.41) is 19.0. The van der Waals surface area contributed by atoms with Crippen molar-refractivity contribution < 1.29 is 14.0 Å². The summed E-state index contributed by atoms with van der Waals surface area (Å²) < 4.78 is 15.4. The summed E-state index contributed by atoms with van der Waals surface area (Å²) >= 11 is 0. The molecule has 35 heavy (non-hydrogen) atoms. The molecular weight excluding hydrogens is 449 g/mol. The molecule has 0 unspecified atom stereocenters. The smallest absolute Gasteiger partial charge is 0.222 e. The van der Waals surface area contributed by atoms with Gasteiger partial charge >= 0.3 is 0 Å². The second-order valence-corrected chi connectivity index (χ2v) is 8.79. The first-order valence-electron chi connectivity index (χ1n) is 11.9. The third kappa shape index (κ3) is 6.40. The maximum atomic E-state index is 13.5. The zero-order valence-corrected chi connectivity index (χ0v) is 20.0. The third-order valence-corrected chi connectivity index (χ3v) is 6.12. The zero-order chi connectivity index (χ0) is 24.8. The average molecular weight is 480 g/mol. The number of ketones is 1. The van der Waals surface area contributed by atoms with E-state index in [1.54, 1.807) is 24.4 Å². The second kappa shape index (κ2) is 11.1. The number of Topliss-reactive ketones (excluding diaryl/α,β-unsaturated/α-hetero) is 1. The molecule has 1 fully saturated rings. The van der Waals surface area contributed by atoms with Gasteiger partial charge in [0.2, 0.25) is 5.91 Å². The first-order chi connectivity index (χ1) is 16.9. The lowest BCUT2D eigenvalue weighted by atomic mass is 9.96. The predicted octanol–water partition coefficient (Wildman–Crippen LogP) is 4.02. The third-order valence-electron chi connectivity index (χ3n) is 6.12. The molecule has 0 bridgehead atoms. The Bertz CT molecular complexity index is 1190. The minimum absolute atomic E-state index is 0.217. The highest BCUT2D eigenvalue weighted by atomic mass is 19.1. The predicted molar refractivity (Wildman–Crippen MR) is 131 cm³/mol. The van der Waals surface area contributed by atoms with Crippen LogP contribution in [0.5, 0.6) is 0 Å². The van der Waals surface area contributed by atoms with Crippen molar-refractivity contribution in [2.75, 3.05) is 23.7 Å². The van der Waals surface area contributed by atoms with Crippen LogP contribution in [0.1, 0.15) is 49.2 Å². The van der Waals surface area contributed by atoms with E-state index >= 15 is 0 Å². The molecule has 2 aromatic heterocycles. The number of amides is 1. The van der Waals surface area contributed by atoms with E-state index in [-0.39, 0.29) is 23.2 Å². The maximum absolute atomic E-state index is 13.5. The fraction of sp³-hybridized carbons (Fsp3) is 0.400. The number of rotatable bonds is 9. The first-order valence-corrected chi connectivity index (χ1v) is 11.9. The quantitative estimate of drug-likeness (QED) is 0.447. The molecule has 1 aromatic carbocycles. The Morgan fingerprint density at radius 3 is 2.69 bits per heavy atom. The van der Waals surface area contributed by atoms with Crippen LogP contribution >= 0.6 is 0 Å². The normalized spacial score (nSPS) is 14.1. The Morgan fingerprint density at radius 1 is 1.17 bits per heavy atom. The number of benzene rings is 1. The van der Waals surface area contributed by atoms with Crippen LogP contribution in [0.4, 0.5) is 21.6 Å². The molecular formula is C25H30FN7O2. The standard InChI is InChI=1S/C25H30FN7O2/c1-3-24(35)32-9-7-18(8-10-32)15-33-16-21(14-28-33)29-23-12-22(25(17(2)34)31-30-23)27-13-19-5-4-6-20(26)11-19/h4-6,11-12,14,16,18H,3,7-10,13,15H2,1-2H3,(H2,27,29,30). The number of hydrogen-bond acceptors (Lipinski definition) is 7. The molecule has 0 radical (unpaired) electrons. The monoisotopic (exact) mass is 479 g/mol. The van der Waals surface area contributed by atoms with Gasteiger partial charge in [0, 0.05) is 51.8 Å². The van der Waals surface area contributed by atoms with Crippen LogP contribution in [0.2, 0.25) is 0 Å². The molecule has 0 aliphatic carbocycles. The Balaban J connectivity index is 1.38. The molecule has 3 aromatic rings. The summed E-state index contributed by atoms with van der Waals surface area (Å²) in [5.74, 6) is 0.615. The Labute approximate surface area is 203 Å². The highest BCUT2D eigenvalue weighted by Crippen LogP contribution is 2.23. The number of likely N-dealkylation sites (tertiary alicyclic amines) is 1. The van der Waals surface area contributed by atoms with Crippen molar-refractivity contribution in [1.29, 1.82) is 0 Å². The minimum atomic E-state index is -0.316. The van der Waals surface area contributed by atoms with Crippen molar-refractivity contribution in [2.45, 2.75) is 46.2 Å². The van der Waals surface area contributed by atoms with Crippen LogP contribution in [-0.2, 0) is 17.9 Å². The molecule has 2 N–H and O–H groups in total. The van der Waals surface area contributed by atoms with Gasteiger partial charge in [-0.3, -0.25) is 14.3 Å². The Hall–Kier alpha value is -3.82. The molecule has 184 valence electrons.